The Balaban J connectivity index is 1.48. The predicted molar refractivity (Wildman–Crippen MR) is 215 cm³/mol. The molecule has 14 nitrogen and oxygen atoms in total. The van der Waals surface area contributed by atoms with E-state index in [4.69, 9.17) is 19.2 Å². The van der Waals surface area contributed by atoms with Crippen LogP contribution in [-0.4, -0.2) is 85.6 Å². The summed E-state index contributed by atoms with van der Waals surface area (Å²) in [7, 11) is -2.67. The number of nitrogens with one attached hydrogen (secondary N) is 3. The molecule has 2 unspecified atom stereocenters. The number of alkyl carbamates (subject to hydrolysis) is 1. The van der Waals surface area contributed by atoms with Crippen LogP contribution in [0.25, 0.3) is 22.2 Å². The molecule has 0 aliphatic carbocycles. The zero-order valence-electron chi connectivity index (χ0n) is 33.3. The minimum Gasteiger partial charge on any atom is -0.497 e. The molecule has 1 aliphatic heterocycles. The van der Waals surface area contributed by atoms with Gasteiger partial charge in [0.05, 0.1) is 29.8 Å². The number of sulfonamides is 1. The molecular weight excluding hydrogens is 751 g/mol. The van der Waals surface area contributed by atoms with Crippen LogP contribution >= 0.6 is 0 Å². The first-order chi connectivity index (χ1) is 27.0. The van der Waals surface area contributed by atoms with Crippen molar-refractivity contribution in [1.29, 1.82) is 0 Å². The maximum Gasteiger partial charge on any atom is 0.408 e. The summed E-state index contributed by atoms with van der Waals surface area (Å²) in [6.45, 7) is 10.4. The minimum absolute atomic E-state index is 0.0121. The lowest BCUT2D eigenvalue weighted by molar-refractivity contribution is -0.141. The number of hydrogen-bond acceptors (Lipinski definition) is 10. The van der Waals surface area contributed by atoms with Gasteiger partial charge in [0.1, 0.15) is 41.3 Å². The normalized spacial score (nSPS) is 16.7. The first-order valence-corrected chi connectivity index (χ1v) is 20.4. The molecule has 15 heteroatoms. The molecule has 0 saturated carbocycles. The van der Waals surface area contributed by atoms with Crippen LogP contribution < -0.4 is 24.8 Å². The number of carbonyl (C=O) groups excluding carboxylic acids is 4. The SMILES string of the molecule is CCC[C@H](NC(=O)C1CC(Oc2cc(-c3ccccc3)nc3cc(OC)ccc23)CN1C(=O)[C@@H](NC(=O)OC(C)(C)C)C(C)C)C(=O)NS(=O)(=O)c1ccccc1. The van der Waals surface area contributed by atoms with Crippen LogP contribution in [0.5, 0.6) is 11.5 Å². The number of ether oxygens (including phenoxy) is 3. The maximum absolute atomic E-state index is 14.5. The Morgan fingerprint density at radius 3 is 2.21 bits per heavy atom. The molecule has 304 valence electrons. The smallest absolute Gasteiger partial charge is 0.408 e. The van der Waals surface area contributed by atoms with Crippen molar-refractivity contribution in [2.24, 2.45) is 5.92 Å². The van der Waals surface area contributed by atoms with Crippen molar-refractivity contribution < 1.29 is 41.8 Å². The van der Waals surface area contributed by atoms with Gasteiger partial charge in [0.25, 0.3) is 15.9 Å². The van der Waals surface area contributed by atoms with Crippen LogP contribution in [0.3, 0.4) is 0 Å². The number of methoxy groups -OCH3 is 1. The van der Waals surface area contributed by atoms with Crippen LogP contribution in [0.2, 0.25) is 0 Å². The summed E-state index contributed by atoms with van der Waals surface area (Å²) in [5.74, 6) is -1.52. The second-order valence-corrected chi connectivity index (χ2v) is 16.9. The lowest BCUT2D eigenvalue weighted by Gasteiger charge is -2.31. The number of likely N-dealkylation sites (tertiary alicyclic amines) is 1. The van der Waals surface area contributed by atoms with Gasteiger partial charge in [-0.2, -0.15) is 0 Å². The number of rotatable bonds is 14. The van der Waals surface area contributed by atoms with Crippen molar-refractivity contribution in [3.63, 3.8) is 0 Å². The third-order valence-electron chi connectivity index (χ3n) is 9.29. The third kappa shape index (κ3) is 10.8. The summed E-state index contributed by atoms with van der Waals surface area (Å²) in [5.41, 5.74) is 1.25. The lowest BCUT2D eigenvalue weighted by Crippen LogP contribution is -2.57. The molecule has 3 aromatic carbocycles. The van der Waals surface area contributed by atoms with Crippen molar-refractivity contribution >= 4 is 44.7 Å². The van der Waals surface area contributed by atoms with Gasteiger partial charge < -0.3 is 29.7 Å². The van der Waals surface area contributed by atoms with Crippen molar-refractivity contribution in [3.05, 3.63) is 84.9 Å². The summed E-state index contributed by atoms with van der Waals surface area (Å²) < 4.78 is 45.7. The molecule has 4 amide bonds. The van der Waals surface area contributed by atoms with Gasteiger partial charge in [-0.15, -0.1) is 0 Å². The second-order valence-electron chi connectivity index (χ2n) is 15.2. The Kier molecular flexibility index (Phi) is 13.4. The summed E-state index contributed by atoms with van der Waals surface area (Å²) in [5, 5.41) is 6.07. The number of aromatic nitrogens is 1. The molecule has 1 fully saturated rings. The highest BCUT2D eigenvalue weighted by Crippen LogP contribution is 2.35. The predicted octanol–water partition coefficient (Wildman–Crippen LogP) is 5.60. The quantitative estimate of drug-likeness (QED) is 0.145. The van der Waals surface area contributed by atoms with E-state index >= 15 is 0 Å². The fourth-order valence-corrected chi connectivity index (χ4v) is 7.57. The molecule has 1 aliphatic rings. The molecule has 3 N–H and O–H groups in total. The van der Waals surface area contributed by atoms with Crippen molar-refractivity contribution in [1.82, 2.24) is 25.2 Å². The number of nitrogens with zero attached hydrogens (tertiary/aromatic N) is 2. The van der Waals surface area contributed by atoms with Crippen LogP contribution in [0.1, 0.15) is 60.8 Å². The summed E-state index contributed by atoms with van der Waals surface area (Å²) in [6.07, 6.45) is -0.965. The lowest BCUT2D eigenvalue weighted by atomic mass is 10.0. The highest BCUT2D eigenvalue weighted by atomic mass is 32.2. The Labute approximate surface area is 333 Å². The fourth-order valence-electron chi connectivity index (χ4n) is 6.53. The molecule has 57 heavy (non-hydrogen) atoms. The van der Waals surface area contributed by atoms with E-state index in [1.54, 1.807) is 72.9 Å². The number of hydrogen-bond donors (Lipinski definition) is 3. The average molecular weight is 802 g/mol. The minimum atomic E-state index is -4.24. The van der Waals surface area contributed by atoms with E-state index in [2.05, 4.69) is 15.4 Å². The molecule has 0 radical (unpaired) electrons. The van der Waals surface area contributed by atoms with E-state index in [1.807, 2.05) is 36.4 Å². The zero-order valence-corrected chi connectivity index (χ0v) is 34.1. The summed E-state index contributed by atoms with van der Waals surface area (Å²) >= 11 is 0. The Bertz CT molecular complexity index is 2180. The molecule has 0 bridgehead atoms. The van der Waals surface area contributed by atoms with Gasteiger partial charge >= 0.3 is 6.09 Å². The number of benzene rings is 3. The first-order valence-electron chi connectivity index (χ1n) is 18.9. The number of fused-ring (bicyclic) bond motifs is 1. The van der Waals surface area contributed by atoms with Crippen molar-refractivity contribution in [2.75, 3.05) is 13.7 Å². The standard InChI is InChI=1S/C42H51N5O9S/c1-8-15-32(38(48)46-57(52,53)30-18-13-10-14-19-30)44-39(49)35-23-29(25-47(35)40(50)37(26(2)3)45-41(51)56-42(4,5)6)55-36-24-33(27-16-11-9-12-17-27)43-34-22-28(54-7)20-21-31(34)36/h9-14,16-22,24,26,29,32,35,37H,8,15,23,25H2,1-7H3,(H,44,49)(H,45,51)(H,46,48)/t29?,32-,35?,37-/m0/s1. The zero-order chi connectivity index (χ0) is 41.5. The largest absolute Gasteiger partial charge is 0.497 e. The van der Waals surface area contributed by atoms with Crippen molar-refractivity contribution in [2.45, 2.75) is 95.5 Å². The third-order valence-corrected chi connectivity index (χ3v) is 10.7. The Hall–Kier alpha value is -5.70. The maximum atomic E-state index is 14.5. The molecule has 5 rings (SSSR count). The van der Waals surface area contributed by atoms with Crippen molar-refractivity contribution in [3.8, 4) is 22.8 Å². The molecular formula is C42H51N5O9S. The van der Waals surface area contributed by atoms with E-state index in [-0.39, 0.29) is 24.3 Å². The average Bonchev–Trinajstić information content (AvgIpc) is 3.59. The highest BCUT2D eigenvalue weighted by molar-refractivity contribution is 7.90. The van der Waals surface area contributed by atoms with Gasteiger partial charge in [-0.25, -0.2) is 22.9 Å². The van der Waals surface area contributed by atoms with Crippen LogP contribution in [0.15, 0.2) is 89.8 Å². The number of pyridine rings is 1. The van der Waals surface area contributed by atoms with E-state index in [0.717, 1.165) is 5.56 Å². The van der Waals surface area contributed by atoms with Gasteiger partial charge in [-0.3, -0.25) is 14.4 Å². The molecule has 4 aromatic rings. The molecule has 1 saturated heterocycles. The van der Waals surface area contributed by atoms with Gasteiger partial charge in [-0.05, 0) is 57.4 Å². The van der Waals surface area contributed by atoms with E-state index < -0.39 is 69.6 Å². The van der Waals surface area contributed by atoms with E-state index in [0.29, 0.717) is 34.5 Å². The fraction of sp³-hybridized carbons (Fsp3) is 0.405. The number of carbonyl (C=O) groups is 4. The van der Waals surface area contributed by atoms with Gasteiger partial charge in [0.15, 0.2) is 0 Å². The molecule has 1 aromatic heterocycles. The summed E-state index contributed by atoms with van der Waals surface area (Å²) in [6, 6.07) is 20.7. The Morgan fingerprint density at radius 1 is 0.930 bits per heavy atom. The van der Waals surface area contributed by atoms with Gasteiger partial charge in [0.2, 0.25) is 11.8 Å². The van der Waals surface area contributed by atoms with E-state index in [1.165, 1.54) is 29.2 Å². The molecule has 2 heterocycles. The molecule has 0 spiro atoms. The molecule has 4 atom stereocenters. The Morgan fingerprint density at radius 2 is 1.60 bits per heavy atom. The van der Waals surface area contributed by atoms with Gasteiger partial charge in [-0.1, -0.05) is 75.7 Å². The van der Waals surface area contributed by atoms with Gasteiger partial charge in [0, 0.05) is 29.5 Å². The number of amides is 4. The topological polar surface area (TPSA) is 182 Å². The first kappa shape index (κ1) is 42.4. The van der Waals surface area contributed by atoms with E-state index in [9.17, 15) is 27.6 Å². The highest BCUT2D eigenvalue weighted by Gasteiger charge is 2.45. The monoisotopic (exact) mass is 801 g/mol. The van der Waals surface area contributed by atoms with Crippen LogP contribution in [-0.2, 0) is 29.1 Å². The summed E-state index contributed by atoms with van der Waals surface area (Å²) in [4.78, 5) is 61.2. The second kappa shape index (κ2) is 18.0. The van der Waals surface area contributed by atoms with Crippen LogP contribution in [0, 0.1) is 5.92 Å². The van der Waals surface area contributed by atoms with Crippen LogP contribution in [0.4, 0.5) is 4.79 Å².